The summed E-state index contributed by atoms with van der Waals surface area (Å²) in [5.74, 6) is 0. The fourth-order valence-corrected chi connectivity index (χ4v) is 2.16. The molecule has 1 atom stereocenters. The van der Waals surface area contributed by atoms with Gasteiger partial charge in [-0.1, -0.05) is 13.8 Å². The summed E-state index contributed by atoms with van der Waals surface area (Å²) in [6, 6.07) is 1.20. The van der Waals surface area contributed by atoms with Crippen molar-refractivity contribution in [3.63, 3.8) is 0 Å². The second-order valence-electron chi connectivity index (χ2n) is 5.58. The van der Waals surface area contributed by atoms with E-state index >= 15 is 0 Å². The van der Waals surface area contributed by atoms with Crippen LogP contribution in [0.5, 0.6) is 0 Å². The molecule has 7 heteroatoms. The summed E-state index contributed by atoms with van der Waals surface area (Å²) in [6.45, 7) is 6.24. The van der Waals surface area contributed by atoms with E-state index in [2.05, 4.69) is 10.4 Å². The van der Waals surface area contributed by atoms with Gasteiger partial charge in [-0.25, -0.2) is 0 Å². The van der Waals surface area contributed by atoms with Crippen molar-refractivity contribution < 1.29 is 18.3 Å². The van der Waals surface area contributed by atoms with Crippen molar-refractivity contribution in [1.82, 2.24) is 15.1 Å². The predicted molar refractivity (Wildman–Crippen MR) is 70.2 cm³/mol. The van der Waals surface area contributed by atoms with Crippen LogP contribution >= 0.6 is 0 Å². The van der Waals surface area contributed by atoms with Crippen molar-refractivity contribution >= 4 is 0 Å². The maximum absolute atomic E-state index is 12.4. The maximum atomic E-state index is 12.4. The lowest BCUT2D eigenvalue weighted by Crippen LogP contribution is -2.49. The van der Waals surface area contributed by atoms with Crippen molar-refractivity contribution in [3.05, 3.63) is 18.0 Å². The van der Waals surface area contributed by atoms with Gasteiger partial charge in [-0.2, -0.15) is 18.3 Å². The maximum Gasteiger partial charge on any atom is 0.435 e. The Labute approximate surface area is 117 Å². The van der Waals surface area contributed by atoms with Crippen LogP contribution in [0.15, 0.2) is 12.3 Å². The van der Waals surface area contributed by atoms with Crippen LogP contribution in [-0.2, 0) is 12.7 Å². The number of aliphatic hydroxyl groups is 1. The van der Waals surface area contributed by atoms with Gasteiger partial charge in [0.05, 0.1) is 6.61 Å². The number of aryl methyl sites for hydroxylation is 1. The first-order chi connectivity index (χ1) is 9.16. The van der Waals surface area contributed by atoms with E-state index < -0.39 is 17.4 Å². The summed E-state index contributed by atoms with van der Waals surface area (Å²) < 4.78 is 38.5. The lowest BCUT2D eigenvalue weighted by atomic mass is 9.96. The molecule has 1 aromatic heterocycles. The first-order valence-corrected chi connectivity index (χ1v) is 6.65. The number of rotatable bonds is 7. The number of halogens is 3. The van der Waals surface area contributed by atoms with Gasteiger partial charge >= 0.3 is 6.18 Å². The van der Waals surface area contributed by atoms with Gasteiger partial charge in [0.25, 0.3) is 0 Å². The molecule has 0 spiro atoms. The van der Waals surface area contributed by atoms with Crippen LogP contribution < -0.4 is 5.32 Å². The number of hydrogen-bond acceptors (Lipinski definition) is 3. The highest BCUT2D eigenvalue weighted by Crippen LogP contribution is 2.27. The second kappa shape index (κ2) is 6.58. The Morgan fingerprint density at radius 2 is 2.05 bits per heavy atom. The minimum absolute atomic E-state index is 0.0158. The summed E-state index contributed by atoms with van der Waals surface area (Å²) in [5.41, 5.74) is -1.29. The third kappa shape index (κ3) is 5.13. The summed E-state index contributed by atoms with van der Waals surface area (Å²) in [5, 5.41) is 16.2. The first-order valence-electron chi connectivity index (χ1n) is 6.65. The fraction of sp³-hybridized carbons (Fsp3) is 0.769. The van der Waals surface area contributed by atoms with Crippen molar-refractivity contribution in [2.75, 3.05) is 6.61 Å². The van der Waals surface area contributed by atoms with Gasteiger partial charge in [0.2, 0.25) is 0 Å². The second-order valence-corrected chi connectivity index (χ2v) is 5.58. The normalized spacial score (nSPS) is 15.6. The molecule has 0 aliphatic carbocycles. The summed E-state index contributed by atoms with van der Waals surface area (Å²) >= 11 is 0. The Morgan fingerprint density at radius 3 is 2.50 bits per heavy atom. The van der Waals surface area contributed by atoms with E-state index in [-0.39, 0.29) is 12.6 Å². The molecule has 0 fully saturated rings. The molecule has 0 bridgehead atoms. The molecule has 1 heterocycles. The molecule has 116 valence electrons. The highest BCUT2D eigenvalue weighted by Gasteiger charge is 2.33. The van der Waals surface area contributed by atoms with Crippen LogP contribution in [0.2, 0.25) is 0 Å². The lowest BCUT2D eigenvalue weighted by molar-refractivity contribution is -0.141. The Bertz CT molecular complexity index is 417. The average Bonchev–Trinajstić information content (AvgIpc) is 2.76. The Kier molecular flexibility index (Phi) is 5.59. The molecule has 20 heavy (non-hydrogen) atoms. The number of aliphatic hydroxyl groups excluding tert-OH is 1. The van der Waals surface area contributed by atoms with Gasteiger partial charge in [-0.3, -0.25) is 4.68 Å². The topological polar surface area (TPSA) is 50.1 Å². The molecule has 0 radical (unpaired) electrons. The third-order valence-corrected chi connectivity index (χ3v) is 3.03. The molecular weight excluding hydrogens is 271 g/mol. The van der Waals surface area contributed by atoms with Gasteiger partial charge in [0, 0.05) is 24.3 Å². The zero-order chi connectivity index (χ0) is 15.4. The molecule has 0 saturated heterocycles. The molecule has 1 unspecified atom stereocenters. The molecular formula is C13H22F3N3O. The van der Waals surface area contributed by atoms with E-state index in [4.69, 9.17) is 0 Å². The third-order valence-electron chi connectivity index (χ3n) is 3.03. The number of nitrogens with one attached hydrogen (secondary N) is 1. The van der Waals surface area contributed by atoms with Gasteiger partial charge < -0.3 is 10.4 Å². The summed E-state index contributed by atoms with van der Waals surface area (Å²) in [4.78, 5) is 0. The van der Waals surface area contributed by atoms with Crippen molar-refractivity contribution in [1.29, 1.82) is 0 Å². The molecule has 0 aliphatic heterocycles. The van der Waals surface area contributed by atoms with Gasteiger partial charge in [-0.05, 0) is 25.8 Å². The Morgan fingerprint density at radius 1 is 1.40 bits per heavy atom. The summed E-state index contributed by atoms with van der Waals surface area (Å²) in [6.07, 6.45) is -1.78. The Balaban J connectivity index is 2.49. The van der Waals surface area contributed by atoms with Crippen LogP contribution in [0, 0.1) is 0 Å². The number of hydrogen-bond donors (Lipinski definition) is 2. The minimum atomic E-state index is -4.40. The van der Waals surface area contributed by atoms with Gasteiger partial charge in [0.15, 0.2) is 5.69 Å². The van der Waals surface area contributed by atoms with Crippen molar-refractivity contribution in [3.8, 4) is 0 Å². The van der Waals surface area contributed by atoms with Crippen molar-refractivity contribution in [2.24, 2.45) is 0 Å². The number of alkyl halides is 3. The first kappa shape index (κ1) is 17.0. The lowest BCUT2D eigenvalue weighted by Gasteiger charge is -2.31. The summed E-state index contributed by atoms with van der Waals surface area (Å²) in [7, 11) is 0. The van der Waals surface area contributed by atoms with E-state index in [1.54, 1.807) is 0 Å². The average molecular weight is 293 g/mol. The van der Waals surface area contributed by atoms with E-state index in [1.165, 1.54) is 10.9 Å². The SMILES string of the molecule is CC(C)NC(C)(CO)CCCn1ccc(C(F)(F)F)n1. The number of nitrogens with zero attached hydrogens (tertiary/aromatic N) is 2. The molecule has 0 aliphatic rings. The monoisotopic (exact) mass is 293 g/mol. The standard InChI is InChI=1S/C13H22F3N3O/c1-10(2)17-12(3,9-20)6-4-7-19-8-5-11(18-19)13(14,15)16/h5,8,10,17,20H,4,6-7,9H2,1-3H3. The van der Waals surface area contributed by atoms with E-state index in [0.29, 0.717) is 19.4 Å². The molecule has 0 saturated carbocycles. The largest absolute Gasteiger partial charge is 0.435 e. The van der Waals surface area contributed by atoms with Gasteiger partial charge in [0.1, 0.15) is 0 Å². The zero-order valence-electron chi connectivity index (χ0n) is 12.0. The fourth-order valence-electron chi connectivity index (χ4n) is 2.16. The molecule has 0 amide bonds. The van der Waals surface area contributed by atoms with Gasteiger partial charge in [-0.15, -0.1) is 0 Å². The van der Waals surface area contributed by atoms with Crippen molar-refractivity contribution in [2.45, 2.75) is 57.9 Å². The molecule has 2 N–H and O–H groups in total. The van der Waals surface area contributed by atoms with E-state index in [1.807, 2.05) is 20.8 Å². The van der Waals surface area contributed by atoms with Crippen LogP contribution in [0.25, 0.3) is 0 Å². The van der Waals surface area contributed by atoms with Crippen LogP contribution in [0.4, 0.5) is 13.2 Å². The zero-order valence-corrected chi connectivity index (χ0v) is 12.0. The number of aromatic nitrogens is 2. The molecule has 1 rings (SSSR count). The van der Waals surface area contributed by atoms with E-state index in [9.17, 15) is 18.3 Å². The predicted octanol–water partition coefficient (Wildman–Crippen LogP) is 2.43. The van der Waals surface area contributed by atoms with Crippen LogP contribution in [0.3, 0.4) is 0 Å². The highest BCUT2D eigenvalue weighted by atomic mass is 19.4. The van der Waals surface area contributed by atoms with E-state index in [0.717, 1.165) is 6.07 Å². The quantitative estimate of drug-likeness (QED) is 0.812. The molecule has 1 aromatic rings. The van der Waals surface area contributed by atoms with Crippen LogP contribution in [0.1, 0.15) is 39.3 Å². The highest BCUT2D eigenvalue weighted by molar-refractivity contribution is 5.03. The minimum Gasteiger partial charge on any atom is -0.394 e. The molecule has 0 aromatic carbocycles. The Hall–Kier alpha value is -1.08. The van der Waals surface area contributed by atoms with Crippen LogP contribution in [-0.4, -0.2) is 33.1 Å². The smallest absolute Gasteiger partial charge is 0.394 e. The molecule has 4 nitrogen and oxygen atoms in total.